The predicted molar refractivity (Wildman–Crippen MR) is 61.7 cm³/mol. The second-order valence-electron chi connectivity index (χ2n) is 3.08. The molecule has 0 radical (unpaired) electrons. The third kappa shape index (κ3) is 14.2. The molecule has 0 saturated carbocycles. The van der Waals surface area contributed by atoms with Crippen LogP contribution in [0.1, 0.15) is 26.2 Å². The van der Waals surface area contributed by atoms with Crippen molar-refractivity contribution in [1.82, 2.24) is 10.6 Å². The third-order valence-electron chi connectivity index (χ3n) is 1.71. The molecule has 86 valence electrons. The first-order chi connectivity index (χ1) is 6.27. The Kier molecular flexibility index (Phi) is 14.6. The van der Waals surface area contributed by atoms with Crippen LogP contribution in [0, 0.1) is 0 Å². The number of nitrogens with two attached hydrogens (primary N) is 1. The van der Waals surface area contributed by atoms with Gasteiger partial charge < -0.3 is 16.4 Å². The molecule has 0 rings (SSSR count). The molecule has 0 aromatic carbocycles. The average Bonchev–Trinajstić information content (AvgIpc) is 2.09. The van der Waals surface area contributed by atoms with Gasteiger partial charge in [-0.3, -0.25) is 4.79 Å². The zero-order valence-electron chi connectivity index (χ0n) is 8.84. The molecule has 5 heteroatoms. The Bertz CT molecular complexity index is 133. The first kappa shape index (κ1) is 16.1. The first-order valence-electron chi connectivity index (χ1n) is 4.92. The number of carbonyl (C=O) groups excluding carboxylic acids is 1. The second kappa shape index (κ2) is 12.7. The Balaban J connectivity index is 0. The van der Waals surface area contributed by atoms with E-state index in [1.54, 1.807) is 0 Å². The molecule has 0 aromatic heterocycles. The van der Waals surface area contributed by atoms with E-state index in [1.165, 1.54) is 6.92 Å². The van der Waals surface area contributed by atoms with E-state index in [0.29, 0.717) is 0 Å². The maximum Gasteiger partial charge on any atom is 0.216 e. The fraction of sp³-hybridized carbons (Fsp3) is 0.889. The minimum Gasteiger partial charge on any atom is -0.356 e. The van der Waals surface area contributed by atoms with Crippen LogP contribution in [0.15, 0.2) is 0 Å². The summed E-state index contributed by atoms with van der Waals surface area (Å²) in [5.74, 6) is 0.0446. The maximum absolute atomic E-state index is 10.5. The van der Waals surface area contributed by atoms with Crippen LogP contribution in [-0.2, 0) is 4.79 Å². The smallest absolute Gasteiger partial charge is 0.216 e. The number of hydrogen-bond acceptors (Lipinski definition) is 3. The quantitative estimate of drug-likeness (QED) is 0.518. The molecule has 0 bridgehead atoms. The third-order valence-corrected chi connectivity index (χ3v) is 1.71. The Morgan fingerprint density at radius 2 is 1.79 bits per heavy atom. The number of amides is 1. The molecule has 0 unspecified atom stereocenters. The Labute approximate surface area is 92.4 Å². The van der Waals surface area contributed by atoms with Gasteiger partial charge in [0.2, 0.25) is 5.91 Å². The van der Waals surface area contributed by atoms with Crippen LogP contribution in [0.25, 0.3) is 0 Å². The molecule has 0 aliphatic rings. The number of nitrogens with one attached hydrogen (secondary N) is 2. The van der Waals surface area contributed by atoms with Crippen molar-refractivity contribution in [2.24, 2.45) is 5.73 Å². The summed E-state index contributed by atoms with van der Waals surface area (Å²) in [5, 5.41) is 6.04. The van der Waals surface area contributed by atoms with E-state index in [1.807, 2.05) is 0 Å². The number of halogens is 1. The highest BCUT2D eigenvalue weighted by molar-refractivity contribution is 5.85. The molecule has 1 amide bonds. The lowest BCUT2D eigenvalue weighted by Crippen LogP contribution is -2.25. The number of hydrogen-bond donors (Lipinski definition) is 3. The van der Waals surface area contributed by atoms with E-state index in [2.05, 4.69) is 10.6 Å². The van der Waals surface area contributed by atoms with Crippen molar-refractivity contribution in [2.45, 2.75) is 26.2 Å². The molecule has 14 heavy (non-hydrogen) atoms. The average molecular weight is 224 g/mol. The molecule has 0 spiro atoms. The van der Waals surface area contributed by atoms with Crippen LogP contribution in [0.2, 0.25) is 0 Å². The van der Waals surface area contributed by atoms with Crippen molar-refractivity contribution < 1.29 is 4.79 Å². The van der Waals surface area contributed by atoms with Crippen LogP contribution in [0.4, 0.5) is 0 Å². The van der Waals surface area contributed by atoms with Crippen molar-refractivity contribution in [3.63, 3.8) is 0 Å². The molecular weight excluding hydrogens is 202 g/mol. The molecule has 0 atom stereocenters. The van der Waals surface area contributed by atoms with Gasteiger partial charge in [-0.05, 0) is 38.9 Å². The minimum absolute atomic E-state index is 0. The Hall–Kier alpha value is -0.320. The van der Waals surface area contributed by atoms with Gasteiger partial charge >= 0.3 is 0 Å². The van der Waals surface area contributed by atoms with E-state index < -0.39 is 0 Å². The number of carbonyl (C=O) groups is 1. The summed E-state index contributed by atoms with van der Waals surface area (Å²) in [6.07, 6.45) is 3.21. The molecule has 0 fully saturated rings. The molecule has 4 N–H and O–H groups in total. The SMILES string of the molecule is CC(=O)NCCCNCCCCN.Cl. The summed E-state index contributed by atoms with van der Waals surface area (Å²) in [5.41, 5.74) is 5.35. The monoisotopic (exact) mass is 223 g/mol. The highest BCUT2D eigenvalue weighted by Gasteiger charge is 1.90. The summed E-state index contributed by atoms with van der Waals surface area (Å²) in [7, 11) is 0. The molecule has 0 aliphatic heterocycles. The lowest BCUT2D eigenvalue weighted by Gasteiger charge is -2.04. The fourth-order valence-corrected chi connectivity index (χ4v) is 0.997. The van der Waals surface area contributed by atoms with Crippen LogP contribution in [0.5, 0.6) is 0 Å². The summed E-state index contributed by atoms with van der Waals surface area (Å²) in [6, 6.07) is 0. The van der Waals surface area contributed by atoms with Gasteiger partial charge in [-0.1, -0.05) is 0 Å². The second-order valence-corrected chi connectivity index (χ2v) is 3.08. The van der Waals surface area contributed by atoms with Crippen molar-refractivity contribution in [2.75, 3.05) is 26.2 Å². The van der Waals surface area contributed by atoms with E-state index in [4.69, 9.17) is 5.73 Å². The Morgan fingerprint density at radius 3 is 2.36 bits per heavy atom. The van der Waals surface area contributed by atoms with Crippen LogP contribution >= 0.6 is 12.4 Å². The molecule has 0 aliphatic carbocycles. The van der Waals surface area contributed by atoms with Crippen LogP contribution in [-0.4, -0.2) is 32.1 Å². The normalized spacial score (nSPS) is 9.29. The number of rotatable bonds is 8. The van der Waals surface area contributed by atoms with Gasteiger partial charge in [0.15, 0.2) is 0 Å². The standard InChI is InChI=1S/C9H21N3O.ClH/c1-9(13)12-8-4-7-11-6-3-2-5-10;/h11H,2-8,10H2,1H3,(H,12,13);1H. The van der Waals surface area contributed by atoms with Crippen molar-refractivity contribution in [3.05, 3.63) is 0 Å². The van der Waals surface area contributed by atoms with Gasteiger partial charge in [0.05, 0.1) is 0 Å². The minimum atomic E-state index is 0. The lowest BCUT2D eigenvalue weighted by atomic mass is 10.3. The van der Waals surface area contributed by atoms with Crippen LogP contribution < -0.4 is 16.4 Å². The number of unbranched alkanes of at least 4 members (excludes halogenated alkanes) is 1. The van der Waals surface area contributed by atoms with Crippen molar-refractivity contribution in [3.8, 4) is 0 Å². The van der Waals surface area contributed by atoms with Gasteiger partial charge in [-0.25, -0.2) is 0 Å². The molecule has 0 saturated heterocycles. The Morgan fingerprint density at radius 1 is 1.14 bits per heavy atom. The molecular formula is C9H22ClN3O. The van der Waals surface area contributed by atoms with Gasteiger partial charge in [-0.15, -0.1) is 12.4 Å². The van der Waals surface area contributed by atoms with E-state index >= 15 is 0 Å². The maximum atomic E-state index is 10.5. The van der Waals surface area contributed by atoms with Gasteiger partial charge in [0.25, 0.3) is 0 Å². The zero-order valence-corrected chi connectivity index (χ0v) is 9.66. The summed E-state index contributed by atoms with van der Waals surface area (Å²) < 4.78 is 0. The van der Waals surface area contributed by atoms with Crippen molar-refractivity contribution in [1.29, 1.82) is 0 Å². The van der Waals surface area contributed by atoms with Gasteiger partial charge in [0, 0.05) is 13.5 Å². The molecule has 0 aromatic rings. The van der Waals surface area contributed by atoms with E-state index in [0.717, 1.165) is 45.4 Å². The largest absolute Gasteiger partial charge is 0.356 e. The van der Waals surface area contributed by atoms with Crippen molar-refractivity contribution >= 4 is 18.3 Å². The van der Waals surface area contributed by atoms with E-state index in [-0.39, 0.29) is 18.3 Å². The summed E-state index contributed by atoms with van der Waals surface area (Å²) in [6.45, 7) is 5.06. The molecule has 4 nitrogen and oxygen atoms in total. The predicted octanol–water partition coefficient (Wildman–Crippen LogP) is 0.263. The summed E-state index contributed by atoms with van der Waals surface area (Å²) in [4.78, 5) is 10.5. The van der Waals surface area contributed by atoms with E-state index in [9.17, 15) is 4.79 Å². The van der Waals surface area contributed by atoms with Crippen LogP contribution in [0.3, 0.4) is 0 Å². The zero-order chi connectivity index (χ0) is 9.94. The fourth-order valence-electron chi connectivity index (χ4n) is 0.997. The lowest BCUT2D eigenvalue weighted by molar-refractivity contribution is -0.118. The highest BCUT2D eigenvalue weighted by Crippen LogP contribution is 1.82. The van der Waals surface area contributed by atoms with Gasteiger partial charge in [-0.2, -0.15) is 0 Å². The topological polar surface area (TPSA) is 67.2 Å². The van der Waals surface area contributed by atoms with Gasteiger partial charge in [0.1, 0.15) is 0 Å². The highest BCUT2D eigenvalue weighted by atomic mass is 35.5. The molecule has 0 heterocycles. The first-order valence-corrected chi connectivity index (χ1v) is 4.92. The summed E-state index contributed by atoms with van der Waals surface area (Å²) >= 11 is 0.